The van der Waals surface area contributed by atoms with Crippen molar-refractivity contribution in [2.24, 2.45) is 5.92 Å². The van der Waals surface area contributed by atoms with Crippen LogP contribution in [-0.4, -0.2) is 43.2 Å². The lowest BCUT2D eigenvalue weighted by molar-refractivity contribution is -0.120. The van der Waals surface area contributed by atoms with Gasteiger partial charge in [0.05, 0.1) is 17.0 Å². The Morgan fingerprint density at radius 2 is 1.74 bits per heavy atom. The monoisotopic (exact) mass is 509 g/mol. The maximum atomic E-state index is 14.1. The number of rotatable bonds is 6. The molecule has 1 heterocycles. The molecule has 2 amide bonds. The van der Waals surface area contributed by atoms with Crippen LogP contribution in [0.15, 0.2) is 42.5 Å². The maximum absolute atomic E-state index is 14.1. The minimum Gasteiger partial charge on any atom is -0.347 e. The summed E-state index contributed by atoms with van der Waals surface area (Å²) >= 11 is 5.98. The number of para-hydroxylation sites is 1. The first-order chi connectivity index (χ1) is 15.9. The van der Waals surface area contributed by atoms with E-state index in [9.17, 15) is 22.4 Å². The summed E-state index contributed by atoms with van der Waals surface area (Å²) in [6.07, 6.45) is 0.624. The average molecular weight is 510 g/mol. The van der Waals surface area contributed by atoms with Crippen molar-refractivity contribution >= 4 is 39.1 Å². The Labute approximate surface area is 204 Å². The van der Waals surface area contributed by atoms with Crippen LogP contribution >= 0.6 is 11.6 Å². The van der Waals surface area contributed by atoms with Crippen molar-refractivity contribution in [2.75, 3.05) is 18.4 Å². The lowest BCUT2D eigenvalue weighted by Crippen LogP contribution is -2.42. The predicted molar refractivity (Wildman–Crippen MR) is 131 cm³/mol. The molecule has 2 aromatic carbocycles. The first kappa shape index (κ1) is 26.1. The second-order valence-corrected chi connectivity index (χ2v) is 11.7. The van der Waals surface area contributed by atoms with E-state index < -0.39 is 33.1 Å². The summed E-state index contributed by atoms with van der Waals surface area (Å²) in [7, 11) is -3.80. The number of sulfonamides is 1. The lowest BCUT2D eigenvalue weighted by Gasteiger charge is -2.31. The number of nitrogens with one attached hydrogen (secondary N) is 2. The molecule has 1 saturated heterocycles. The van der Waals surface area contributed by atoms with Gasteiger partial charge in [-0.3, -0.25) is 9.59 Å². The summed E-state index contributed by atoms with van der Waals surface area (Å²) in [5, 5.41) is 5.76. The van der Waals surface area contributed by atoms with Crippen molar-refractivity contribution in [2.45, 2.75) is 44.9 Å². The van der Waals surface area contributed by atoms with Crippen LogP contribution in [0.5, 0.6) is 0 Å². The van der Waals surface area contributed by atoms with Crippen molar-refractivity contribution < 1.29 is 22.4 Å². The van der Waals surface area contributed by atoms with Gasteiger partial charge in [-0.25, -0.2) is 17.1 Å². The van der Waals surface area contributed by atoms with Crippen LogP contribution < -0.4 is 10.6 Å². The van der Waals surface area contributed by atoms with E-state index in [0.717, 1.165) is 0 Å². The van der Waals surface area contributed by atoms with Crippen molar-refractivity contribution in [1.82, 2.24) is 9.62 Å². The largest absolute Gasteiger partial charge is 0.347 e. The van der Waals surface area contributed by atoms with Crippen molar-refractivity contribution in [3.05, 3.63) is 64.4 Å². The molecule has 3 rings (SSSR count). The molecule has 0 atom stereocenters. The van der Waals surface area contributed by atoms with Gasteiger partial charge in [0.25, 0.3) is 5.91 Å². The topological polar surface area (TPSA) is 95.6 Å². The molecule has 2 N–H and O–H groups in total. The molecule has 1 aliphatic rings. The Bertz CT molecular complexity index is 1150. The lowest BCUT2D eigenvalue weighted by atomic mass is 9.97. The van der Waals surface area contributed by atoms with Gasteiger partial charge in [-0.15, -0.1) is 0 Å². The molecule has 0 aliphatic carbocycles. The summed E-state index contributed by atoms with van der Waals surface area (Å²) in [5.41, 5.74) is 0.264. The minimum atomic E-state index is -3.80. The van der Waals surface area contributed by atoms with E-state index >= 15 is 0 Å². The summed E-state index contributed by atoms with van der Waals surface area (Å²) in [6.45, 7) is 5.88. The highest BCUT2D eigenvalue weighted by Gasteiger charge is 2.32. The molecule has 0 bridgehead atoms. The van der Waals surface area contributed by atoms with Crippen LogP contribution in [0.4, 0.5) is 10.1 Å². The smallest absolute Gasteiger partial charge is 0.253 e. The third-order valence-corrected chi connectivity index (χ3v) is 7.68. The number of nitrogens with zero attached hydrogens (tertiary/aromatic N) is 1. The Balaban J connectivity index is 1.63. The Morgan fingerprint density at radius 1 is 1.09 bits per heavy atom. The van der Waals surface area contributed by atoms with Crippen LogP contribution in [-0.2, 0) is 20.6 Å². The van der Waals surface area contributed by atoms with E-state index in [1.165, 1.54) is 22.5 Å². The molecule has 10 heteroatoms. The zero-order valence-corrected chi connectivity index (χ0v) is 21.0. The average Bonchev–Trinajstić information content (AvgIpc) is 2.75. The van der Waals surface area contributed by atoms with E-state index in [-0.39, 0.29) is 35.5 Å². The number of hydrogen-bond donors (Lipinski definition) is 2. The number of hydrogen-bond acceptors (Lipinski definition) is 4. The van der Waals surface area contributed by atoms with E-state index in [2.05, 4.69) is 10.6 Å². The van der Waals surface area contributed by atoms with Crippen LogP contribution in [0.3, 0.4) is 0 Å². The van der Waals surface area contributed by atoms with Gasteiger partial charge in [0.2, 0.25) is 15.9 Å². The summed E-state index contributed by atoms with van der Waals surface area (Å²) < 4.78 is 41.0. The molecular weight excluding hydrogens is 481 g/mol. The first-order valence-corrected chi connectivity index (χ1v) is 13.0. The quantitative estimate of drug-likeness (QED) is 0.610. The molecule has 1 fully saturated rings. The number of piperidine rings is 1. The fraction of sp³-hybridized carbons (Fsp3) is 0.417. The fourth-order valence-corrected chi connectivity index (χ4v) is 5.69. The SMILES string of the molecule is CC(C)(C)NC(=O)c1ccccc1NC(=O)C1CCN(S(=O)(=O)Cc2c(F)cccc2Cl)CC1. The second kappa shape index (κ2) is 10.4. The fourth-order valence-electron chi connectivity index (χ4n) is 3.77. The van der Waals surface area contributed by atoms with Crippen LogP contribution in [0.2, 0.25) is 5.02 Å². The van der Waals surface area contributed by atoms with Gasteiger partial charge in [0, 0.05) is 35.1 Å². The number of halogens is 2. The van der Waals surface area contributed by atoms with Gasteiger partial charge in [-0.2, -0.15) is 0 Å². The van der Waals surface area contributed by atoms with Crippen molar-refractivity contribution in [1.29, 1.82) is 0 Å². The number of amides is 2. The van der Waals surface area contributed by atoms with E-state index in [0.29, 0.717) is 24.1 Å². The van der Waals surface area contributed by atoms with E-state index in [1.54, 1.807) is 24.3 Å². The second-order valence-electron chi connectivity index (χ2n) is 9.37. The molecule has 0 spiro atoms. The van der Waals surface area contributed by atoms with Crippen molar-refractivity contribution in [3.8, 4) is 0 Å². The van der Waals surface area contributed by atoms with Crippen LogP contribution in [0, 0.1) is 11.7 Å². The normalized spacial score (nSPS) is 15.7. The molecule has 2 aromatic rings. The predicted octanol–water partition coefficient (Wildman–Crippen LogP) is 4.19. The number of anilines is 1. The van der Waals surface area contributed by atoms with Crippen LogP contribution in [0.1, 0.15) is 49.5 Å². The molecule has 1 aliphatic heterocycles. The molecule has 0 unspecified atom stereocenters. The summed E-state index contributed by atoms with van der Waals surface area (Å²) in [4.78, 5) is 25.5. The third kappa shape index (κ3) is 6.55. The zero-order chi connectivity index (χ0) is 25.1. The van der Waals surface area contributed by atoms with E-state index in [1.807, 2.05) is 20.8 Å². The molecular formula is C24H29ClFN3O4S. The maximum Gasteiger partial charge on any atom is 0.253 e. The summed E-state index contributed by atoms with van der Waals surface area (Å²) in [6, 6.07) is 10.8. The molecule has 34 heavy (non-hydrogen) atoms. The van der Waals surface area contributed by atoms with Gasteiger partial charge in [0.1, 0.15) is 5.82 Å². The molecule has 0 radical (unpaired) electrons. The molecule has 0 aromatic heterocycles. The Morgan fingerprint density at radius 3 is 2.35 bits per heavy atom. The first-order valence-electron chi connectivity index (χ1n) is 11.0. The van der Waals surface area contributed by atoms with Gasteiger partial charge < -0.3 is 10.6 Å². The van der Waals surface area contributed by atoms with E-state index in [4.69, 9.17) is 11.6 Å². The Kier molecular flexibility index (Phi) is 8.00. The van der Waals surface area contributed by atoms with Crippen LogP contribution in [0.25, 0.3) is 0 Å². The molecule has 184 valence electrons. The third-order valence-electron chi connectivity index (χ3n) is 5.52. The van der Waals surface area contributed by atoms with Gasteiger partial charge in [-0.1, -0.05) is 29.8 Å². The molecule has 0 saturated carbocycles. The van der Waals surface area contributed by atoms with Gasteiger partial charge in [0.15, 0.2) is 0 Å². The summed E-state index contributed by atoms with van der Waals surface area (Å²) in [5.74, 6) is -2.19. The number of carbonyl (C=O) groups is 2. The number of carbonyl (C=O) groups excluding carboxylic acids is 2. The molecule has 7 nitrogen and oxygen atoms in total. The zero-order valence-electron chi connectivity index (χ0n) is 19.4. The highest BCUT2D eigenvalue weighted by molar-refractivity contribution is 7.88. The minimum absolute atomic E-state index is 0.0610. The van der Waals surface area contributed by atoms with Gasteiger partial charge in [-0.05, 0) is 57.9 Å². The highest BCUT2D eigenvalue weighted by Crippen LogP contribution is 2.27. The number of benzene rings is 2. The highest BCUT2D eigenvalue weighted by atomic mass is 35.5. The standard InChI is InChI=1S/C24H29ClFN3O4S/c1-24(2,3)28-23(31)17-7-4-5-10-21(17)27-22(30)16-11-13-29(14-12-16)34(32,33)15-18-19(25)8-6-9-20(18)26/h4-10,16H,11-15H2,1-3H3,(H,27,30)(H,28,31). The van der Waals surface area contributed by atoms with Gasteiger partial charge >= 0.3 is 0 Å². The Hall–Kier alpha value is -2.49. The van der Waals surface area contributed by atoms with Crippen molar-refractivity contribution in [3.63, 3.8) is 0 Å².